The molecule has 0 saturated heterocycles. The lowest BCUT2D eigenvalue weighted by Gasteiger charge is -1.98. The van der Waals surface area contributed by atoms with Gasteiger partial charge in [-0.05, 0) is 19.1 Å². The quantitative estimate of drug-likeness (QED) is 0.689. The number of hydrogen-bond donors (Lipinski definition) is 1. The highest BCUT2D eigenvalue weighted by Gasteiger charge is 2.01. The molecule has 0 atom stereocenters. The van der Waals surface area contributed by atoms with Crippen LogP contribution in [0.3, 0.4) is 0 Å². The van der Waals surface area contributed by atoms with E-state index in [2.05, 4.69) is 10.4 Å². The maximum atomic E-state index is 4.24. The van der Waals surface area contributed by atoms with E-state index in [0.717, 1.165) is 16.9 Å². The van der Waals surface area contributed by atoms with Gasteiger partial charge in [-0.15, -0.1) is 0 Å². The lowest BCUT2D eigenvalue weighted by Crippen LogP contribution is -1.92. The molecule has 0 aromatic carbocycles. The lowest BCUT2D eigenvalue weighted by molar-refractivity contribution is 0.915. The maximum absolute atomic E-state index is 4.24. The van der Waals surface area contributed by atoms with Crippen LogP contribution in [0, 0.1) is 6.92 Å². The van der Waals surface area contributed by atoms with Crippen molar-refractivity contribution in [3.05, 3.63) is 30.1 Å². The van der Waals surface area contributed by atoms with Crippen molar-refractivity contribution in [1.82, 2.24) is 9.61 Å². The molecule has 0 bridgehead atoms. The summed E-state index contributed by atoms with van der Waals surface area (Å²) in [6.45, 7) is 2.04. The number of anilines is 1. The van der Waals surface area contributed by atoms with Crippen LogP contribution < -0.4 is 5.32 Å². The van der Waals surface area contributed by atoms with Gasteiger partial charge in [0.25, 0.3) is 0 Å². The zero-order chi connectivity index (χ0) is 8.55. The molecule has 0 unspecified atom stereocenters. The van der Waals surface area contributed by atoms with E-state index < -0.39 is 0 Å². The Balaban J connectivity index is 2.80. The molecule has 2 heterocycles. The van der Waals surface area contributed by atoms with Crippen LogP contribution in [0.1, 0.15) is 5.69 Å². The molecule has 0 radical (unpaired) electrons. The molecule has 0 saturated carbocycles. The van der Waals surface area contributed by atoms with Crippen LogP contribution in [-0.4, -0.2) is 16.7 Å². The molecule has 2 aromatic heterocycles. The summed E-state index contributed by atoms with van der Waals surface area (Å²) in [5, 5.41) is 7.34. The maximum Gasteiger partial charge on any atom is 0.0896 e. The van der Waals surface area contributed by atoms with Crippen molar-refractivity contribution < 1.29 is 0 Å². The van der Waals surface area contributed by atoms with Crippen molar-refractivity contribution in [2.24, 2.45) is 0 Å². The molecular formula is C9H11N3. The van der Waals surface area contributed by atoms with E-state index in [9.17, 15) is 0 Å². The van der Waals surface area contributed by atoms with Crippen molar-refractivity contribution in [1.29, 1.82) is 0 Å². The molecular weight excluding hydrogens is 150 g/mol. The minimum absolute atomic E-state index is 1.07. The summed E-state index contributed by atoms with van der Waals surface area (Å²) in [4.78, 5) is 0. The third kappa shape index (κ3) is 0.863. The Morgan fingerprint density at radius 3 is 3.00 bits per heavy atom. The largest absolute Gasteiger partial charge is 0.385 e. The summed E-state index contributed by atoms with van der Waals surface area (Å²) in [6, 6.07) is 6.12. The smallest absolute Gasteiger partial charge is 0.0896 e. The SMILES string of the molecule is CNc1cnn2c(C)cccc12. The summed E-state index contributed by atoms with van der Waals surface area (Å²) in [7, 11) is 1.90. The Kier molecular flexibility index (Phi) is 1.50. The highest BCUT2D eigenvalue weighted by Crippen LogP contribution is 2.16. The third-order valence-corrected chi connectivity index (χ3v) is 2.00. The van der Waals surface area contributed by atoms with Crippen LogP contribution in [0.15, 0.2) is 24.4 Å². The Bertz CT molecular complexity index is 403. The minimum Gasteiger partial charge on any atom is -0.385 e. The van der Waals surface area contributed by atoms with E-state index in [4.69, 9.17) is 0 Å². The number of rotatable bonds is 1. The van der Waals surface area contributed by atoms with Gasteiger partial charge in [-0.3, -0.25) is 0 Å². The molecule has 0 aliphatic carbocycles. The second-order valence-corrected chi connectivity index (χ2v) is 2.77. The molecule has 12 heavy (non-hydrogen) atoms. The van der Waals surface area contributed by atoms with Crippen molar-refractivity contribution in [2.75, 3.05) is 12.4 Å². The van der Waals surface area contributed by atoms with Crippen LogP contribution >= 0.6 is 0 Å². The Labute approximate surface area is 71.0 Å². The molecule has 62 valence electrons. The van der Waals surface area contributed by atoms with Crippen molar-refractivity contribution >= 4 is 11.2 Å². The highest BCUT2D eigenvalue weighted by molar-refractivity contribution is 5.71. The zero-order valence-electron chi connectivity index (χ0n) is 7.20. The highest BCUT2D eigenvalue weighted by atomic mass is 15.2. The van der Waals surface area contributed by atoms with Gasteiger partial charge >= 0.3 is 0 Å². The third-order valence-electron chi connectivity index (χ3n) is 2.00. The van der Waals surface area contributed by atoms with E-state index in [1.54, 1.807) is 0 Å². The summed E-state index contributed by atoms with van der Waals surface area (Å²) in [5.41, 5.74) is 3.34. The number of nitrogens with one attached hydrogen (secondary N) is 1. The monoisotopic (exact) mass is 161 g/mol. The van der Waals surface area contributed by atoms with Crippen molar-refractivity contribution in [3.8, 4) is 0 Å². The second kappa shape index (κ2) is 2.52. The number of fused-ring (bicyclic) bond motifs is 1. The lowest BCUT2D eigenvalue weighted by atomic mass is 10.3. The molecule has 3 nitrogen and oxygen atoms in total. The summed E-state index contributed by atoms with van der Waals surface area (Å²) in [6.07, 6.45) is 1.84. The van der Waals surface area contributed by atoms with Gasteiger partial charge in [-0.2, -0.15) is 5.10 Å². The first-order valence-electron chi connectivity index (χ1n) is 3.94. The molecule has 2 rings (SSSR count). The van der Waals surface area contributed by atoms with Crippen LogP contribution in [0.5, 0.6) is 0 Å². The van der Waals surface area contributed by atoms with E-state index in [1.165, 1.54) is 0 Å². The van der Waals surface area contributed by atoms with E-state index in [0.29, 0.717) is 0 Å². The van der Waals surface area contributed by atoms with Crippen molar-refractivity contribution in [3.63, 3.8) is 0 Å². The van der Waals surface area contributed by atoms with Crippen LogP contribution in [0.4, 0.5) is 5.69 Å². The number of pyridine rings is 1. The predicted molar refractivity (Wildman–Crippen MR) is 49.5 cm³/mol. The van der Waals surface area contributed by atoms with Gasteiger partial charge < -0.3 is 5.32 Å². The van der Waals surface area contributed by atoms with E-state index >= 15 is 0 Å². The first-order valence-corrected chi connectivity index (χ1v) is 3.94. The zero-order valence-corrected chi connectivity index (χ0v) is 7.20. The average Bonchev–Trinajstić information content (AvgIpc) is 2.49. The first kappa shape index (κ1) is 7.16. The fourth-order valence-electron chi connectivity index (χ4n) is 1.34. The van der Waals surface area contributed by atoms with E-state index in [-0.39, 0.29) is 0 Å². The molecule has 0 aliphatic heterocycles. The number of aromatic nitrogens is 2. The normalized spacial score (nSPS) is 10.5. The Morgan fingerprint density at radius 2 is 2.25 bits per heavy atom. The van der Waals surface area contributed by atoms with Gasteiger partial charge in [0.05, 0.1) is 17.4 Å². The molecule has 0 amide bonds. The van der Waals surface area contributed by atoms with Crippen LogP contribution in [-0.2, 0) is 0 Å². The molecule has 0 spiro atoms. The molecule has 1 N–H and O–H groups in total. The summed E-state index contributed by atoms with van der Waals surface area (Å²) < 4.78 is 1.92. The summed E-state index contributed by atoms with van der Waals surface area (Å²) >= 11 is 0. The molecule has 2 aromatic rings. The molecule has 0 fully saturated rings. The Morgan fingerprint density at radius 1 is 1.42 bits per heavy atom. The van der Waals surface area contributed by atoms with Gasteiger partial charge in [-0.25, -0.2) is 4.52 Å². The predicted octanol–water partition coefficient (Wildman–Crippen LogP) is 1.68. The topological polar surface area (TPSA) is 29.3 Å². The van der Waals surface area contributed by atoms with Crippen molar-refractivity contribution in [2.45, 2.75) is 6.92 Å². The number of aryl methyl sites for hydroxylation is 1. The van der Waals surface area contributed by atoms with Gasteiger partial charge in [-0.1, -0.05) is 6.07 Å². The fraction of sp³-hybridized carbons (Fsp3) is 0.222. The average molecular weight is 161 g/mol. The fourth-order valence-corrected chi connectivity index (χ4v) is 1.34. The molecule has 0 aliphatic rings. The molecule has 3 heteroatoms. The van der Waals surface area contributed by atoms with Gasteiger partial charge in [0, 0.05) is 12.7 Å². The first-order chi connectivity index (χ1) is 5.83. The minimum atomic E-state index is 1.07. The van der Waals surface area contributed by atoms with Crippen LogP contribution in [0.2, 0.25) is 0 Å². The Hall–Kier alpha value is -1.51. The van der Waals surface area contributed by atoms with Crippen LogP contribution in [0.25, 0.3) is 5.52 Å². The van der Waals surface area contributed by atoms with Gasteiger partial charge in [0.15, 0.2) is 0 Å². The number of nitrogens with zero attached hydrogens (tertiary/aromatic N) is 2. The second-order valence-electron chi connectivity index (χ2n) is 2.77. The summed E-state index contributed by atoms with van der Waals surface area (Å²) in [5.74, 6) is 0. The van der Waals surface area contributed by atoms with Gasteiger partial charge in [0.1, 0.15) is 0 Å². The van der Waals surface area contributed by atoms with Gasteiger partial charge in [0.2, 0.25) is 0 Å². The standard InChI is InChI=1S/C9H11N3/c1-7-4-3-5-9-8(10-2)6-11-12(7)9/h3-6,10H,1-2H3. The van der Waals surface area contributed by atoms with E-state index in [1.807, 2.05) is 42.9 Å². The number of hydrogen-bond acceptors (Lipinski definition) is 2.